The standard InChI is InChI=1S/C15H19NO3/c1-2-10-16-13(17)9-8-12(15(18)19)14(16)11-6-4-3-5-7-11/h3-7,12,14H,2,8-10H2,1H3,(H,18,19). The molecule has 1 aromatic rings. The highest BCUT2D eigenvalue weighted by Crippen LogP contribution is 2.36. The van der Waals surface area contributed by atoms with Gasteiger partial charge >= 0.3 is 5.97 Å². The van der Waals surface area contributed by atoms with Crippen molar-refractivity contribution in [3.8, 4) is 0 Å². The molecule has 0 bridgehead atoms. The maximum absolute atomic E-state index is 12.1. The van der Waals surface area contributed by atoms with Crippen LogP contribution in [0.2, 0.25) is 0 Å². The van der Waals surface area contributed by atoms with E-state index in [9.17, 15) is 14.7 Å². The van der Waals surface area contributed by atoms with Crippen molar-refractivity contribution in [1.29, 1.82) is 0 Å². The first-order chi connectivity index (χ1) is 9.15. The molecule has 1 aliphatic heterocycles. The summed E-state index contributed by atoms with van der Waals surface area (Å²) in [4.78, 5) is 25.3. The second-order valence-electron chi connectivity index (χ2n) is 4.93. The molecule has 19 heavy (non-hydrogen) atoms. The SMILES string of the molecule is CCCN1C(=O)CCC(C(=O)O)C1c1ccccc1. The number of aliphatic carboxylic acids is 1. The summed E-state index contributed by atoms with van der Waals surface area (Å²) in [6.07, 6.45) is 1.59. The molecule has 1 heterocycles. The molecule has 2 unspecified atom stereocenters. The maximum Gasteiger partial charge on any atom is 0.308 e. The fourth-order valence-corrected chi connectivity index (χ4v) is 2.78. The van der Waals surface area contributed by atoms with Gasteiger partial charge in [-0.2, -0.15) is 0 Å². The molecule has 1 aromatic carbocycles. The van der Waals surface area contributed by atoms with E-state index < -0.39 is 11.9 Å². The molecule has 0 spiro atoms. The van der Waals surface area contributed by atoms with Crippen LogP contribution in [0.1, 0.15) is 37.8 Å². The Morgan fingerprint density at radius 1 is 1.37 bits per heavy atom. The van der Waals surface area contributed by atoms with Crippen LogP contribution in [0.25, 0.3) is 0 Å². The second-order valence-corrected chi connectivity index (χ2v) is 4.93. The first kappa shape index (κ1) is 13.6. The molecular formula is C15H19NO3. The molecule has 0 aromatic heterocycles. The number of carbonyl (C=O) groups is 2. The second kappa shape index (κ2) is 5.87. The van der Waals surface area contributed by atoms with Crippen LogP contribution in [0.15, 0.2) is 30.3 Å². The minimum atomic E-state index is -0.817. The molecule has 1 N–H and O–H groups in total. The van der Waals surface area contributed by atoms with Crippen molar-refractivity contribution in [3.05, 3.63) is 35.9 Å². The van der Waals surface area contributed by atoms with E-state index in [1.807, 2.05) is 37.3 Å². The molecule has 2 rings (SSSR count). The Hall–Kier alpha value is -1.84. The topological polar surface area (TPSA) is 57.6 Å². The predicted octanol–water partition coefficient (Wildman–Crippen LogP) is 2.46. The summed E-state index contributed by atoms with van der Waals surface area (Å²) >= 11 is 0. The number of carboxylic acid groups (broad SMARTS) is 1. The fourth-order valence-electron chi connectivity index (χ4n) is 2.78. The number of carboxylic acids is 1. The van der Waals surface area contributed by atoms with Gasteiger partial charge in [0.2, 0.25) is 5.91 Å². The van der Waals surface area contributed by atoms with Crippen molar-refractivity contribution in [2.24, 2.45) is 5.92 Å². The van der Waals surface area contributed by atoms with E-state index in [0.717, 1.165) is 12.0 Å². The van der Waals surface area contributed by atoms with Crippen molar-refractivity contribution >= 4 is 11.9 Å². The number of amides is 1. The van der Waals surface area contributed by atoms with Gasteiger partial charge in [0.1, 0.15) is 0 Å². The number of nitrogens with zero attached hydrogens (tertiary/aromatic N) is 1. The van der Waals surface area contributed by atoms with Crippen LogP contribution in [-0.2, 0) is 9.59 Å². The molecule has 2 atom stereocenters. The molecule has 1 aliphatic rings. The molecule has 0 radical (unpaired) electrons. The van der Waals surface area contributed by atoms with Gasteiger partial charge in [-0.25, -0.2) is 0 Å². The molecule has 1 fully saturated rings. The van der Waals surface area contributed by atoms with Crippen molar-refractivity contribution < 1.29 is 14.7 Å². The average Bonchev–Trinajstić information content (AvgIpc) is 2.41. The Morgan fingerprint density at radius 2 is 2.05 bits per heavy atom. The Labute approximate surface area is 113 Å². The minimum absolute atomic E-state index is 0.0632. The smallest absolute Gasteiger partial charge is 0.308 e. The summed E-state index contributed by atoms with van der Waals surface area (Å²) in [5.41, 5.74) is 0.913. The van der Waals surface area contributed by atoms with E-state index >= 15 is 0 Å². The maximum atomic E-state index is 12.1. The van der Waals surface area contributed by atoms with Crippen molar-refractivity contribution in [2.75, 3.05) is 6.54 Å². The van der Waals surface area contributed by atoms with E-state index in [1.165, 1.54) is 0 Å². The third kappa shape index (κ3) is 2.78. The van der Waals surface area contributed by atoms with Gasteiger partial charge in [-0.15, -0.1) is 0 Å². The van der Waals surface area contributed by atoms with Crippen LogP contribution in [0, 0.1) is 5.92 Å². The van der Waals surface area contributed by atoms with Crippen LogP contribution in [-0.4, -0.2) is 28.4 Å². The largest absolute Gasteiger partial charge is 0.481 e. The number of hydrogen-bond donors (Lipinski definition) is 1. The minimum Gasteiger partial charge on any atom is -0.481 e. The fraction of sp³-hybridized carbons (Fsp3) is 0.467. The highest BCUT2D eigenvalue weighted by atomic mass is 16.4. The quantitative estimate of drug-likeness (QED) is 0.905. The number of piperidine rings is 1. The van der Waals surface area contributed by atoms with Crippen LogP contribution < -0.4 is 0 Å². The van der Waals surface area contributed by atoms with Gasteiger partial charge in [0.25, 0.3) is 0 Å². The van der Waals surface area contributed by atoms with Gasteiger partial charge in [0.15, 0.2) is 0 Å². The molecule has 1 amide bonds. The van der Waals surface area contributed by atoms with E-state index in [-0.39, 0.29) is 11.9 Å². The molecular weight excluding hydrogens is 242 g/mol. The molecule has 4 heteroatoms. The van der Waals surface area contributed by atoms with E-state index in [0.29, 0.717) is 19.4 Å². The summed E-state index contributed by atoms with van der Waals surface area (Å²) in [5.74, 6) is -1.26. The van der Waals surface area contributed by atoms with Crippen LogP contribution in [0.3, 0.4) is 0 Å². The summed E-state index contributed by atoms with van der Waals surface area (Å²) in [7, 11) is 0. The summed E-state index contributed by atoms with van der Waals surface area (Å²) < 4.78 is 0. The Kier molecular flexibility index (Phi) is 4.20. The zero-order valence-corrected chi connectivity index (χ0v) is 11.1. The van der Waals surface area contributed by atoms with Crippen molar-refractivity contribution in [1.82, 2.24) is 4.90 Å². The molecule has 4 nitrogen and oxygen atoms in total. The third-order valence-electron chi connectivity index (χ3n) is 3.63. The van der Waals surface area contributed by atoms with Gasteiger partial charge in [-0.1, -0.05) is 37.3 Å². The van der Waals surface area contributed by atoms with Gasteiger partial charge in [0, 0.05) is 13.0 Å². The molecule has 0 saturated carbocycles. The zero-order chi connectivity index (χ0) is 13.8. The molecule has 1 saturated heterocycles. The lowest BCUT2D eigenvalue weighted by molar-refractivity contribution is -0.152. The highest BCUT2D eigenvalue weighted by molar-refractivity contribution is 5.81. The normalized spacial score (nSPS) is 23.4. The summed E-state index contributed by atoms with van der Waals surface area (Å²) in [6.45, 7) is 2.61. The van der Waals surface area contributed by atoms with E-state index in [2.05, 4.69) is 0 Å². The summed E-state index contributed by atoms with van der Waals surface area (Å²) in [5, 5.41) is 9.40. The Morgan fingerprint density at radius 3 is 2.63 bits per heavy atom. The first-order valence-electron chi connectivity index (χ1n) is 6.72. The van der Waals surface area contributed by atoms with Crippen molar-refractivity contribution in [2.45, 2.75) is 32.2 Å². The number of hydrogen-bond acceptors (Lipinski definition) is 2. The number of benzene rings is 1. The first-order valence-corrected chi connectivity index (χ1v) is 6.72. The lowest BCUT2D eigenvalue weighted by atomic mass is 9.84. The highest BCUT2D eigenvalue weighted by Gasteiger charge is 2.40. The predicted molar refractivity (Wildman–Crippen MR) is 71.5 cm³/mol. The molecule has 102 valence electrons. The monoisotopic (exact) mass is 261 g/mol. The van der Waals surface area contributed by atoms with E-state index in [4.69, 9.17) is 0 Å². The van der Waals surface area contributed by atoms with Crippen LogP contribution in [0.5, 0.6) is 0 Å². The third-order valence-corrected chi connectivity index (χ3v) is 3.63. The average molecular weight is 261 g/mol. The Bertz CT molecular complexity index is 458. The van der Waals surface area contributed by atoms with Gasteiger partial charge in [-0.05, 0) is 18.4 Å². The Balaban J connectivity index is 2.38. The molecule has 0 aliphatic carbocycles. The number of likely N-dealkylation sites (tertiary alicyclic amines) is 1. The van der Waals surface area contributed by atoms with Gasteiger partial charge in [-0.3, -0.25) is 9.59 Å². The van der Waals surface area contributed by atoms with Crippen molar-refractivity contribution in [3.63, 3.8) is 0 Å². The van der Waals surface area contributed by atoms with Gasteiger partial charge < -0.3 is 10.0 Å². The zero-order valence-electron chi connectivity index (χ0n) is 11.1. The number of carbonyl (C=O) groups excluding carboxylic acids is 1. The van der Waals surface area contributed by atoms with Crippen LogP contribution in [0.4, 0.5) is 0 Å². The van der Waals surface area contributed by atoms with Gasteiger partial charge in [0.05, 0.1) is 12.0 Å². The van der Waals surface area contributed by atoms with Crippen LogP contribution >= 0.6 is 0 Å². The lowest BCUT2D eigenvalue weighted by Crippen LogP contribution is -2.45. The summed E-state index contributed by atoms with van der Waals surface area (Å²) in [6, 6.07) is 9.15. The lowest BCUT2D eigenvalue weighted by Gasteiger charge is -2.39. The van der Waals surface area contributed by atoms with E-state index in [1.54, 1.807) is 4.90 Å². The number of rotatable bonds is 4.